The molecule has 0 aliphatic heterocycles. The van der Waals surface area contributed by atoms with Crippen molar-refractivity contribution in [2.75, 3.05) is 23.0 Å². The smallest absolute Gasteiger partial charge is 0.247 e. The lowest BCUT2D eigenvalue weighted by Gasteiger charge is -2.29. The average Bonchev–Trinajstić information content (AvgIpc) is 2.55. The van der Waals surface area contributed by atoms with Crippen molar-refractivity contribution in [2.24, 2.45) is 0 Å². The van der Waals surface area contributed by atoms with Crippen LogP contribution in [0.2, 0.25) is 5.02 Å². The number of carbonyl (C=O) groups is 1. The normalized spacial score (nSPS) is 12.3. The van der Waals surface area contributed by atoms with Gasteiger partial charge in [-0.05, 0) is 37.3 Å². The van der Waals surface area contributed by atoms with Gasteiger partial charge < -0.3 is 10.1 Å². The third kappa shape index (κ3) is 4.64. The molecule has 1 N–H and O–H groups in total. The van der Waals surface area contributed by atoms with Crippen molar-refractivity contribution in [1.29, 1.82) is 0 Å². The number of nitrogens with one attached hydrogen (secondary N) is 1. The highest BCUT2D eigenvalue weighted by atomic mass is 35.5. The van der Waals surface area contributed by atoms with Crippen molar-refractivity contribution in [1.82, 2.24) is 0 Å². The van der Waals surface area contributed by atoms with Gasteiger partial charge in [-0.1, -0.05) is 29.8 Å². The van der Waals surface area contributed by atoms with Crippen molar-refractivity contribution in [3.63, 3.8) is 0 Å². The number of anilines is 2. The second-order valence-corrected chi connectivity index (χ2v) is 7.70. The minimum Gasteiger partial charge on any atom is -0.495 e. The maximum absolute atomic E-state index is 12.6. The zero-order chi connectivity index (χ0) is 18.6. The summed E-state index contributed by atoms with van der Waals surface area (Å²) in [4.78, 5) is 12.6. The molecule has 0 unspecified atom stereocenters. The molecule has 0 aromatic heterocycles. The third-order valence-corrected chi connectivity index (χ3v) is 4.97. The first-order valence-electron chi connectivity index (χ1n) is 7.43. The van der Waals surface area contributed by atoms with Gasteiger partial charge in [-0.2, -0.15) is 0 Å². The number of amides is 1. The van der Waals surface area contributed by atoms with Crippen molar-refractivity contribution in [3.05, 3.63) is 53.6 Å². The van der Waals surface area contributed by atoms with Gasteiger partial charge >= 0.3 is 0 Å². The lowest BCUT2D eigenvalue weighted by molar-refractivity contribution is -0.116. The summed E-state index contributed by atoms with van der Waals surface area (Å²) in [6.45, 7) is 1.50. The fraction of sp³-hybridized carbons (Fsp3) is 0.235. The van der Waals surface area contributed by atoms with E-state index in [1.54, 1.807) is 36.4 Å². The average molecular weight is 383 g/mol. The highest BCUT2D eigenvalue weighted by molar-refractivity contribution is 7.92. The van der Waals surface area contributed by atoms with Crippen LogP contribution in [-0.2, 0) is 14.8 Å². The Morgan fingerprint density at radius 3 is 2.40 bits per heavy atom. The summed E-state index contributed by atoms with van der Waals surface area (Å²) in [7, 11) is -2.35. The molecule has 0 aliphatic carbocycles. The minimum atomic E-state index is -3.77. The van der Waals surface area contributed by atoms with Crippen LogP contribution >= 0.6 is 11.6 Å². The number of benzene rings is 2. The van der Waals surface area contributed by atoms with Crippen molar-refractivity contribution >= 4 is 38.9 Å². The molecule has 134 valence electrons. The highest BCUT2D eigenvalue weighted by Crippen LogP contribution is 2.34. The Hall–Kier alpha value is -2.25. The molecule has 0 heterocycles. The Morgan fingerprint density at radius 1 is 1.20 bits per heavy atom. The van der Waals surface area contributed by atoms with Crippen LogP contribution in [0.3, 0.4) is 0 Å². The van der Waals surface area contributed by atoms with Gasteiger partial charge in [0.05, 0.1) is 19.1 Å². The van der Waals surface area contributed by atoms with E-state index in [4.69, 9.17) is 16.3 Å². The van der Waals surface area contributed by atoms with E-state index in [0.717, 1.165) is 10.6 Å². The van der Waals surface area contributed by atoms with E-state index >= 15 is 0 Å². The number of para-hydroxylation sites is 1. The third-order valence-electron chi connectivity index (χ3n) is 3.51. The Labute approximate surface area is 152 Å². The van der Waals surface area contributed by atoms with Crippen LogP contribution in [0.15, 0.2) is 48.5 Å². The first-order valence-corrected chi connectivity index (χ1v) is 9.65. The summed E-state index contributed by atoms with van der Waals surface area (Å²) in [5.74, 6) is -0.173. The Kier molecular flexibility index (Phi) is 5.92. The van der Waals surface area contributed by atoms with Crippen LogP contribution in [0.5, 0.6) is 5.75 Å². The fourth-order valence-corrected chi connectivity index (χ4v) is 3.72. The molecule has 0 radical (unpaired) electrons. The van der Waals surface area contributed by atoms with Gasteiger partial charge in [0, 0.05) is 10.7 Å². The van der Waals surface area contributed by atoms with Crippen molar-refractivity contribution in [2.45, 2.75) is 13.0 Å². The summed E-state index contributed by atoms with van der Waals surface area (Å²) in [5.41, 5.74) is 0.777. The number of rotatable bonds is 6. The predicted octanol–water partition coefficient (Wildman–Crippen LogP) is 3.14. The molecule has 0 spiro atoms. The SMILES string of the molecule is COc1ccc(Cl)cc1N([C@@H](C)C(=O)Nc1ccccc1)S(C)(=O)=O. The number of hydrogen-bond acceptors (Lipinski definition) is 4. The van der Waals surface area contributed by atoms with Gasteiger partial charge in [-0.25, -0.2) is 8.42 Å². The van der Waals surface area contributed by atoms with E-state index in [1.807, 2.05) is 6.07 Å². The van der Waals surface area contributed by atoms with Gasteiger partial charge in [0.15, 0.2) is 0 Å². The van der Waals surface area contributed by atoms with Crippen LogP contribution < -0.4 is 14.4 Å². The van der Waals surface area contributed by atoms with Gasteiger partial charge in [0.1, 0.15) is 11.8 Å². The summed E-state index contributed by atoms with van der Waals surface area (Å²) in [5, 5.41) is 3.03. The highest BCUT2D eigenvalue weighted by Gasteiger charge is 2.31. The van der Waals surface area contributed by atoms with E-state index in [0.29, 0.717) is 16.5 Å². The lowest BCUT2D eigenvalue weighted by atomic mass is 10.2. The maximum Gasteiger partial charge on any atom is 0.247 e. The number of hydrogen-bond donors (Lipinski definition) is 1. The maximum atomic E-state index is 12.6. The number of methoxy groups -OCH3 is 1. The van der Waals surface area contributed by atoms with Crippen molar-refractivity contribution in [3.8, 4) is 5.75 Å². The molecule has 2 aromatic rings. The fourth-order valence-electron chi connectivity index (χ4n) is 2.38. The molecule has 25 heavy (non-hydrogen) atoms. The first-order chi connectivity index (χ1) is 11.7. The molecule has 0 saturated carbocycles. The number of sulfonamides is 1. The summed E-state index contributed by atoms with van der Waals surface area (Å²) in [6, 6.07) is 12.4. The molecule has 0 bridgehead atoms. The zero-order valence-electron chi connectivity index (χ0n) is 14.1. The molecule has 8 heteroatoms. The Bertz CT molecular complexity index is 856. The monoisotopic (exact) mass is 382 g/mol. The lowest BCUT2D eigenvalue weighted by Crippen LogP contribution is -2.45. The van der Waals surface area contributed by atoms with Crippen molar-refractivity contribution < 1.29 is 17.9 Å². The molecular weight excluding hydrogens is 364 g/mol. The van der Waals surface area contributed by atoms with E-state index in [1.165, 1.54) is 20.1 Å². The first kappa shape index (κ1) is 19.1. The summed E-state index contributed by atoms with van der Waals surface area (Å²) in [6.07, 6.45) is 1.03. The van der Waals surface area contributed by atoms with Crippen LogP contribution in [0.4, 0.5) is 11.4 Å². The Morgan fingerprint density at radius 2 is 1.84 bits per heavy atom. The topological polar surface area (TPSA) is 75.7 Å². The number of halogens is 1. The van der Waals surface area contributed by atoms with Gasteiger partial charge in [0.25, 0.3) is 0 Å². The van der Waals surface area contributed by atoms with E-state index < -0.39 is 22.0 Å². The van der Waals surface area contributed by atoms with E-state index in [2.05, 4.69) is 5.32 Å². The molecular formula is C17H19ClN2O4S. The molecule has 6 nitrogen and oxygen atoms in total. The number of nitrogens with zero attached hydrogens (tertiary/aromatic N) is 1. The predicted molar refractivity (Wildman–Crippen MR) is 99.9 cm³/mol. The largest absolute Gasteiger partial charge is 0.495 e. The van der Waals surface area contributed by atoms with Crippen LogP contribution in [0.25, 0.3) is 0 Å². The summed E-state index contributed by atoms with van der Waals surface area (Å²) >= 11 is 6.00. The molecule has 0 aliphatic rings. The van der Waals surface area contributed by atoms with Gasteiger partial charge in [0.2, 0.25) is 15.9 Å². The number of carbonyl (C=O) groups excluding carboxylic acids is 1. The van der Waals surface area contributed by atoms with Crippen LogP contribution in [-0.4, -0.2) is 33.7 Å². The number of ether oxygens (including phenoxy) is 1. The minimum absolute atomic E-state index is 0.202. The summed E-state index contributed by atoms with van der Waals surface area (Å²) < 4.78 is 30.9. The zero-order valence-corrected chi connectivity index (χ0v) is 15.6. The van der Waals surface area contributed by atoms with Gasteiger partial charge in [-0.15, -0.1) is 0 Å². The second kappa shape index (κ2) is 7.76. The van der Waals surface area contributed by atoms with Gasteiger partial charge in [-0.3, -0.25) is 9.10 Å². The Balaban J connectivity index is 2.41. The molecule has 2 rings (SSSR count). The second-order valence-electron chi connectivity index (χ2n) is 5.41. The quantitative estimate of drug-likeness (QED) is 0.832. The molecule has 1 amide bonds. The van der Waals surface area contributed by atoms with Crippen LogP contribution in [0.1, 0.15) is 6.92 Å². The van der Waals surface area contributed by atoms with E-state index in [-0.39, 0.29) is 5.69 Å². The molecule has 0 fully saturated rings. The standard InChI is InChI=1S/C17H19ClN2O4S/c1-12(17(21)19-14-7-5-4-6-8-14)20(25(3,22)23)15-11-13(18)9-10-16(15)24-2/h4-12H,1-3H3,(H,19,21)/t12-/m0/s1. The molecule has 0 saturated heterocycles. The van der Waals surface area contributed by atoms with Crippen LogP contribution in [0, 0.1) is 0 Å². The molecule has 1 atom stereocenters. The van der Waals surface area contributed by atoms with E-state index in [9.17, 15) is 13.2 Å². The molecule has 2 aromatic carbocycles.